The summed E-state index contributed by atoms with van der Waals surface area (Å²) >= 11 is 0. The van der Waals surface area contributed by atoms with Gasteiger partial charge in [0.25, 0.3) is 0 Å². The van der Waals surface area contributed by atoms with Gasteiger partial charge in [-0.15, -0.1) is 6.58 Å². The first-order valence-electron chi connectivity index (χ1n) is 5.53. The Hall–Kier alpha value is -1.52. The molecule has 0 aliphatic heterocycles. The smallest absolute Gasteiger partial charge is 0.127 e. The second-order valence-electron chi connectivity index (χ2n) is 3.59. The summed E-state index contributed by atoms with van der Waals surface area (Å²) in [7, 11) is 3.27. The van der Waals surface area contributed by atoms with Gasteiger partial charge in [-0.3, -0.25) is 0 Å². The van der Waals surface area contributed by atoms with Crippen LogP contribution in [0.15, 0.2) is 30.9 Å². The van der Waals surface area contributed by atoms with Crippen LogP contribution in [0.2, 0.25) is 0 Å². The fourth-order valence-electron chi connectivity index (χ4n) is 1.65. The minimum Gasteiger partial charge on any atom is -0.497 e. The van der Waals surface area contributed by atoms with Gasteiger partial charge in [-0.1, -0.05) is 12.1 Å². The molecule has 1 rings (SSSR count). The minimum absolute atomic E-state index is 0.0499. The van der Waals surface area contributed by atoms with E-state index >= 15 is 0 Å². The van der Waals surface area contributed by atoms with Crippen LogP contribution in [0.25, 0.3) is 0 Å². The zero-order chi connectivity index (χ0) is 12.7. The molecule has 0 saturated heterocycles. The van der Waals surface area contributed by atoms with E-state index in [9.17, 15) is 0 Å². The van der Waals surface area contributed by atoms with Gasteiger partial charge in [0, 0.05) is 30.8 Å². The molecular weight excluding hydrogens is 216 g/mol. The van der Waals surface area contributed by atoms with Crippen molar-refractivity contribution < 1.29 is 9.47 Å². The lowest BCUT2D eigenvalue weighted by Crippen LogP contribution is -2.28. The van der Waals surface area contributed by atoms with Gasteiger partial charge in [0.15, 0.2) is 0 Å². The molecule has 1 atom stereocenters. The normalized spacial score (nSPS) is 11.9. The largest absolute Gasteiger partial charge is 0.497 e. The summed E-state index contributed by atoms with van der Waals surface area (Å²) in [6.45, 7) is 4.88. The molecule has 94 valence electrons. The second kappa shape index (κ2) is 6.93. The van der Waals surface area contributed by atoms with E-state index in [1.807, 2.05) is 18.2 Å². The molecule has 0 bridgehead atoms. The molecule has 1 unspecified atom stereocenters. The highest BCUT2D eigenvalue weighted by atomic mass is 16.5. The topological polar surface area (TPSA) is 56.5 Å². The quantitative estimate of drug-likeness (QED) is 0.704. The van der Waals surface area contributed by atoms with Crippen LogP contribution >= 0.6 is 0 Å². The Morgan fingerprint density at radius 3 is 2.71 bits per heavy atom. The molecule has 0 fully saturated rings. The predicted octanol–water partition coefficient (Wildman–Crippen LogP) is 1.48. The highest BCUT2D eigenvalue weighted by molar-refractivity contribution is 5.42. The number of hydrogen-bond acceptors (Lipinski definition) is 4. The van der Waals surface area contributed by atoms with Crippen LogP contribution < -0.4 is 20.5 Å². The van der Waals surface area contributed by atoms with E-state index in [4.69, 9.17) is 15.2 Å². The highest BCUT2D eigenvalue weighted by Gasteiger charge is 2.14. The Labute approximate surface area is 102 Å². The van der Waals surface area contributed by atoms with E-state index in [0.29, 0.717) is 13.1 Å². The van der Waals surface area contributed by atoms with E-state index in [1.54, 1.807) is 20.3 Å². The van der Waals surface area contributed by atoms with E-state index in [2.05, 4.69) is 11.9 Å². The molecule has 0 amide bonds. The van der Waals surface area contributed by atoms with Gasteiger partial charge in [-0.2, -0.15) is 0 Å². The van der Waals surface area contributed by atoms with Crippen LogP contribution in [-0.2, 0) is 0 Å². The molecule has 1 aromatic rings. The van der Waals surface area contributed by atoms with E-state index < -0.39 is 0 Å². The molecule has 4 heteroatoms. The van der Waals surface area contributed by atoms with Gasteiger partial charge in [0.1, 0.15) is 11.5 Å². The molecule has 0 saturated carbocycles. The van der Waals surface area contributed by atoms with Crippen molar-refractivity contribution in [1.82, 2.24) is 5.32 Å². The Morgan fingerprint density at radius 1 is 1.41 bits per heavy atom. The maximum Gasteiger partial charge on any atom is 0.127 e. The molecule has 0 radical (unpaired) electrons. The lowest BCUT2D eigenvalue weighted by molar-refractivity contribution is 0.385. The average molecular weight is 236 g/mol. The third-order valence-corrected chi connectivity index (χ3v) is 2.56. The van der Waals surface area contributed by atoms with E-state index in [0.717, 1.165) is 17.1 Å². The Bertz CT molecular complexity index is 366. The van der Waals surface area contributed by atoms with Crippen molar-refractivity contribution >= 4 is 0 Å². The summed E-state index contributed by atoms with van der Waals surface area (Å²) in [5.41, 5.74) is 6.78. The number of nitrogens with two attached hydrogens (primary N) is 1. The number of rotatable bonds is 7. The Morgan fingerprint density at radius 2 is 2.18 bits per heavy atom. The summed E-state index contributed by atoms with van der Waals surface area (Å²) in [5.74, 6) is 1.54. The molecular formula is C13H20N2O2. The SMILES string of the molecule is C=CCNC(CN)c1ccc(OC)cc1OC. The zero-order valence-electron chi connectivity index (χ0n) is 10.4. The van der Waals surface area contributed by atoms with Crippen molar-refractivity contribution in [2.24, 2.45) is 5.73 Å². The first-order valence-corrected chi connectivity index (χ1v) is 5.53. The fraction of sp³-hybridized carbons (Fsp3) is 0.385. The average Bonchev–Trinajstić information content (AvgIpc) is 2.39. The number of ether oxygens (including phenoxy) is 2. The van der Waals surface area contributed by atoms with Crippen molar-refractivity contribution in [2.45, 2.75) is 6.04 Å². The molecule has 17 heavy (non-hydrogen) atoms. The number of hydrogen-bond donors (Lipinski definition) is 2. The van der Waals surface area contributed by atoms with Crippen LogP contribution in [-0.4, -0.2) is 27.3 Å². The Kier molecular flexibility index (Phi) is 5.52. The first kappa shape index (κ1) is 13.5. The maximum absolute atomic E-state index is 5.76. The van der Waals surface area contributed by atoms with E-state index in [1.165, 1.54) is 0 Å². The summed E-state index contributed by atoms with van der Waals surface area (Å²) in [6.07, 6.45) is 1.80. The Balaban J connectivity index is 2.96. The van der Waals surface area contributed by atoms with Crippen molar-refractivity contribution in [2.75, 3.05) is 27.3 Å². The van der Waals surface area contributed by atoms with Gasteiger partial charge < -0.3 is 20.5 Å². The van der Waals surface area contributed by atoms with Crippen molar-refractivity contribution in [1.29, 1.82) is 0 Å². The van der Waals surface area contributed by atoms with Crippen molar-refractivity contribution in [3.05, 3.63) is 36.4 Å². The summed E-state index contributed by atoms with van der Waals surface area (Å²) in [6, 6.07) is 5.77. The van der Waals surface area contributed by atoms with E-state index in [-0.39, 0.29) is 6.04 Å². The molecule has 0 aromatic heterocycles. The van der Waals surface area contributed by atoms with Gasteiger partial charge in [-0.05, 0) is 6.07 Å². The monoisotopic (exact) mass is 236 g/mol. The maximum atomic E-state index is 5.76. The van der Waals surface area contributed by atoms with Crippen LogP contribution in [0.3, 0.4) is 0 Å². The van der Waals surface area contributed by atoms with Crippen LogP contribution in [0.5, 0.6) is 11.5 Å². The standard InChI is InChI=1S/C13H20N2O2/c1-4-7-15-12(9-14)11-6-5-10(16-2)8-13(11)17-3/h4-6,8,12,15H,1,7,9,14H2,2-3H3. The summed E-state index contributed by atoms with van der Waals surface area (Å²) in [5, 5.41) is 3.28. The van der Waals surface area contributed by atoms with Gasteiger partial charge >= 0.3 is 0 Å². The number of benzene rings is 1. The predicted molar refractivity (Wildman–Crippen MR) is 69.5 cm³/mol. The van der Waals surface area contributed by atoms with Crippen LogP contribution in [0.4, 0.5) is 0 Å². The van der Waals surface area contributed by atoms with Crippen molar-refractivity contribution in [3.8, 4) is 11.5 Å². The van der Waals surface area contributed by atoms with Crippen molar-refractivity contribution in [3.63, 3.8) is 0 Å². The molecule has 3 N–H and O–H groups in total. The first-order chi connectivity index (χ1) is 8.26. The van der Waals surface area contributed by atoms with Gasteiger partial charge in [-0.25, -0.2) is 0 Å². The summed E-state index contributed by atoms with van der Waals surface area (Å²) in [4.78, 5) is 0. The third-order valence-electron chi connectivity index (χ3n) is 2.56. The lowest BCUT2D eigenvalue weighted by atomic mass is 10.1. The molecule has 4 nitrogen and oxygen atoms in total. The molecule has 0 heterocycles. The minimum atomic E-state index is 0.0499. The zero-order valence-corrected chi connectivity index (χ0v) is 10.4. The third kappa shape index (κ3) is 3.47. The summed E-state index contributed by atoms with van der Waals surface area (Å²) < 4.78 is 10.5. The molecule has 0 aliphatic rings. The van der Waals surface area contributed by atoms with Gasteiger partial charge in [0.05, 0.1) is 14.2 Å². The lowest BCUT2D eigenvalue weighted by Gasteiger charge is -2.19. The highest BCUT2D eigenvalue weighted by Crippen LogP contribution is 2.28. The molecule has 1 aromatic carbocycles. The molecule has 0 aliphatic carbocycles. The number of nitrogens with one attached hydrogen (secondary N) is 1. The van der Waals surface area contributed by atoms with Gasteiger partial charge in [0.2, 0.25) is 0 Å². The van der Waals surface area contributed by atoms with Crippen LogP contribution in [0.1, 0.15) is 11.6 Å². The fourth-order valence-corrected chi connectivity index (χ4v) is 1.65. The second-order valence-corrected chi connectivity index (χ2v) is 3.59. The van der Waals surface area contributed by atoms with Crippen LogP contribution in [0, 0.1) is 0 Å². The number of methoxy groups -OCH3 is 2. The molecule has 0 spiro atoms.